The van der Waals surface area contributed by atoms with Crippen LogP contribution in [0.3, 0.4) is 0 Å². The van der Waals surface area contributed by atoms with E-state index in [4.69, 9.17) is 9.15 Å². The van der Waals surface area contributed by atoms with Crippen LogP contribution in [0.5, 0.6) is 0 Å². The zero-order chi connectivity index (χ0) is 20.5. The van der Waals surface area contributed by atoms with Crippen molar-refractivity contribution in [2.75, 3.05) is 13.2 Å². The highest BCUT2D eigenvalue weighted by molar-refractivity contribution is 8.04. The van der Waals surface area contributed by atoms with Crippen LogP contribution in [-0.4, -0.2) is 58.7 Å². The molecule has 0 aromatic carbocycles. The molecule has 0 spiro atoms. The minimum absolute atomic E-state index is 0.209. The van der Waals surface area contributed by atoms with E-state index < -0.39 is 20.0 Å². The van der Waals surface area contributed by atoms with E-state index in [1.165, 1.54) is 16.7 Å². The van der Waals surface area contributed by atoms with Gasteiger partial charge in [0.2, 0.25) is 17.7 Å². The molecule has 0 saturated carbocycles. The molecule has 0 radical (unpaired) electrons. The molecule has 0 bridgehead atoms. The molecule has 2 aliphatic rings. The summed E-state index contributed by atoms with van der Waals surface area (Å²) in [5.74, 6) is -0.0169. The number of rotatable bonds is 9. The van der Waals surface area contributed by atoms with Gasteiger partial charge in [-0.05, 0) is 18.9 Å². The van der Waals surface area contributed by atoms with E-state index in [1.807, 2.05) is 0 Å². The molecule has 2 aliphatic heterocycles. The molecule has 1 saturated heterocycles. The van der Waals surface area contributed by atoms with E-state index in [0.29, 0.717) is 43.3 Å². The topological polar surface area (TPSA) is 106 Å². The number of hydrogen-bond donors (Lipinski definition) is 1. The first-order chi connectivity index (χ1) is 13.2. The van der Waals surface area contributed by atoms with Crippen molar-refractivity contribution in [2.45, 2.75) is 57.2 Å². The standard InChI is InChI=1S/C18H27N3O5SSi/c1-11-19-20-14(26-11)7-5-6-13-15(18(24)25-8-9-28(2,3)4)21-16(23)12(10-22)17(21)27-13/h12,17,22H,5-10H2,1-4H3/t12-,17+/m0/s1. The predicted octanol–water partition coefficient (Wildman–Crippen LogP) is 2.32. The predicted molar refractivity (Wildman–Crippen MR) is 107 cm³/mol. The molecule has 10 heteroatoms. The van der Waals surface area contributed by atoms with E-state index in [1.54, 1.807) is 6.92 Å². The van der Waals surface area contributed by atoms with Gasteiger partial charge in [-0.1, -0.05) is 19.6 Å². The second kappa shape index (κ2) is 8.38. The third-order valence-electron chi connectivity index (χ3n) is 4.76. The third-order valence-corrected chi connectivity index (χ3v) is 7.93. The molecular weight excluding hydrogens is 398 g/mol. The number of esters is 1. The summed E-state index contributed by atoms with van der Waals surface area (Å²) < 4.78 is 10.9. The van der Waals surface area contributed by atoms with Crippen molar-refractivity contribution in [1.29, 1.82) is 0 Å². The van der Waals surface area contributed by atoms with Crippen LogP contribution < -0.4 is 0 Å². The van der Waals surface area contributed by atoms with Gasteiger partial charge >= 0.3 is 5.97 Å². The van der Waals surface area contributed by atoms with Gasteiger partial charge in [0.05, 0.1) is 19.1 Å². The fourth-order valence-corrected chi connectivity index (χ4v) is 5.39. The minimum atomic E-state index is -1.32. The van der Waals surface area contributed by atoms with Gasteiger partial charge in [0.25, 0.3) is 0 Å². The number of allylic oxidation sites excluding steroid dienone is 1. The van der Waals surface area contributed by atoms with Crippen molar-refractivity contribution < 1.29 is 23.8 Å². The lowest BCUT2D eigenvalue weighted by Gasteiger charge is -2.41. The number of ether oxygens (including phenoxy) is 1. The van der Waals surface area contributed by atoms with Crippen LogP contribution in [0, 0.1) is 12.8 Å². The van der Waals surface area contributed by atoms with Gasteiger partial charge in [-0.15, -0.1) is 22.0 Å². The van der Waals surface area contributed by atoms with E-state index in [0.717, 1.165) is 10.9 Å². The molecule has 1 amide bonds. The molecule has 3 rings (SSSR count). The molecule has 1 aromatic rings. The number of aliphatic hydroxyl groups is 1. The third kappa shape index (κ3) is 4.49. The zero-order valence-corrected chi connectivity index (χ0v) is 18.5. The lowest BCUT2D eigenvalue weighted by molar-refractivity contribution is -0.155. The highest BCUT2D eigenvalue weighted by Crippen LogP contribution is 2.50. The summed E-state index contributed by atoms with van der Waals surface area (Å²) in [5, 5.41) is 17.0. The Hall–Kier alpha value is -1.65. The zero-order valence-electron chi connectivity index (χ0n) is 16.7. The summed E-state index contributed by atoms with van der Waals surface area (Å²) in [4.78, 5) is 27.4. The SMILES string of the molecule is Cc1nnc(CCCC2=C(C(=O)OCC[Si](C)(C)C)N3C(=O)[C@H](CO)[C@H]3S2)o1. The van der Waals surface area contributed by atoms with Crippen LogP contribution in [0.25, 0.3) is 0 Å². The number of fused-ring (bicyclic) bond motifs is 1. The summed E-state index contributed by atoms with van der Waals surface area (Å²) in [6.07, 6.45) is 1.93. The normalized spacial score (nSPS) is 21.8. The van der Waals surface area contributed by atoms with Gasteiger partial charge in [0.15, 0.2) is 0 Å². The fraction of sp³-hybridized carbons (Fsp3) is 0.667. The van der Waals surface area contributed by atoms with Crippen molar-refractivity contribution in [1.82, 2.24) is 15.1 Å². The first-order valence-electron chi connectivity index (χ1n) is 9.51. The number of aryl methyl sites for hydroxylation is 2. The maximum atomic E-state index is 12.7. The maximum absolute atomic E-state index is 12.7. The second-order valence-corrected chi connectivity index (χ2v) is 15.1. The monoisotopic (exact) mass is 425 g/mol. The number of carbonyl (C=O) groups excluding carboxylic acids is 2. The Morgan fingerprint density at radius 1 is 1.32 bits per heavy atom. The first kappa shape index (κ1) is 21.1. The lowest BCUT2D eigenvalue weighted by Crippen LogP contribution is -2.58. The van der Waals surface area contributed by atoms with Crippen LogP contribution in [0.2, 0.25) is 25.7 Å². The van der Waals surface area contributed by atoms with Crippen molar-refractivity contribution >= 4 is 31.7 Å². The second-order valence-electron chi connectivity index (χ2n) is 8.29. The van der Waals surface area contributed by atoms with Gasteiger partial charge in [-0.3, -0.25) is 9.69 Å². The van der Waals surface area contributed by atoms with Crippen LogP contribution >= 0.6 is 11.8 Å². The van der Waals surface area contributed by atoms with Crippen molar-refractivity contribution in [3.63, 3.8) is 0 Å². The largest absolute Gasteiger partial charge is 0.461 e. The number of aromatic nitrogens is 2. The highest BCUT2D eigenvalue weighted by Gasteiger charge is 2.55. The number of amides is 1. The molecule has 154 valence electrons. The number of thioether (sulfide) groups is 1. The van der Waals surface area contributed by atoms with E-state index in [-0.39, 0.29) is 17.9 Å². The van der Waals surface area contributed by atoms with Crippen LogP contribution in [0.1, 0.15) is 24.6 Å². The number of hydrogen-bond acceptors (Lipinski definition) is 8. The fourth-order valence-electron chi connectivity index (χ4n) is 3.15. The number of β-lactam (4-membered cyclic amide) rings is 1. The Morgan fingerprint density at radius 3 is 2.68 bits per heavy atom. The molecule has 0 aliphatic carbocycles. The Kier molecular flexibility index (Phi) is 6.30. The molecule has 28 heavy (non-hydrogen) atoms. The number of carbonyl (C=O) groups is 2. The van der Waals surface area contributed by atoms with Crippen LogP contribution in [0.15, 0.2) is 15.0 Å². The Morgan fingerprint density at radius 2 is 2.07 bits per heavy atom. The van der Waals surface area contributed by atoms with Gasteiger partial charge in [-0.25, -0.2) is 4.79 Å². The number of aliphatic hydroxyl groups excluding tert-OH is 1. The summed E-state index contributed by atoms with van der Waals surface area (Å²) in [7, 11) is -1.32. The van der Waals surface area contributed by atoms with Gasteiger partial charge < -0.3 is 14.3 Å². The lowest BCUT2D eigenvalue weighted by atomic mass is 9.98. The molecule has 1 aromatic heterocycles. The molecular formula is C18H27N3O5SSi. The Bertz CT molecular complexity index is 788. The van der Waals surface area contributed by atoms with E-state index in [9.17, 15) is 14.7 Å². The number of nitrogens with zero attached hydrogens (tertiary/aromatic N) is 3. The maximum Gasteiger partial charge on any atom is 0.355 e. The first-order valence-corrected chi connectivity index (χ1v) is 14.1. The van der Waals surface area contributed by atoms with Gasteiger partial charge in [-0.2, -0.15) is 0 Å². The molecule has 1 fully saturated rings. The van der Waals surface area contributed by atoms with Gasteiger partial charge in [0.1, 0.15) is 11.1 Å². The van der Waals surface area contributed by atoms with E-state index in [2.05, 4.69) is 29.8 Å². The summed E-state index contributed by atoms with van der Waals surface area (Å²) in [6.45, 7) is 8.56. The smallest absolute Gasteiger partial charge is 0.355 e. The molecule has 8 nitrogen and oxygen atoms in total. The van der Waals surface area contributed by atoms with E-state index >= 15 is 0 Å². The highest BCUT2D eigenvalue weighted by atomic mass is 32.2. The average molecular weight is 426 g/mol. The summed E-state index contributed by atoms with van der Waals surface area (Å²) in [5.41, 5.74) is 0.349. The van der Waals surface area contributed by atoms with Crippen LogP contribution in [0.4, 0.5) is 0 Å². The molecule has 1 N–H and O–H groups in total. The van der Waals surface area contributed by atoms with Crippen molar-refractivity contribution in [3.8, 4) is 0 Å². The summed E-state index contributed by atoms with van der Waals surface area (Å²) >= 11 is 1.48. The summed E-state index contributed by atoms with van der Waals surface area (Å²) in [6, 6.07) is 0.877. The van der Waals surface area contributed by atoms with Crippen molar-refractivity contribution in [2.24, 2.45) is 5.92 Å². The Labute approximate surface area is 169 Å². The van der Waals surface area contributed by atoms with Crippen molar-refractivity contribution in [3.05, 3.63) is 22.4 Å². The Balaban J connectivity index is 1.67. The molecule has 0 unspecified atom stereocenters. The van der Waals surface area contributed by atoms with Gasteiger partial charge in [0, 0.05) is 26.3 Å². The minimum Gasteiger partial charge on any atom is -0.461 e. The van der Waals surface area contributed by atoms with Crippen LogP contribution in [-0.2, 0) is 20.7 Å². The quantitative estimate of drug-likeness (QED) is 0.365. The molecule has 3 heterocycles. The average Bonchev–Trinajstić information content (AvgIpc) is 3.16. The molecule has 2 atom stereocenters.